The molecule has 4 nitrogen and oxygen atoms in total. The Morgan fingerprint density at radius 2 is 2.26 bits per heavy atom. The SMILES string of the molecule is NC(Cc1cc(Cl)ccc1OCC1CCC1)C(=O)O. The third kappa shape index (κ3) is 3.85. The quantitative estimate of drug-likeness (QED) is 0.841. The van der Waals surface area contributed by atoms with Crippen molar-refractivity contribution in [2.75, 3.05) is 6.61 Å². The maximum atomic E-state index is 10.8. The maximum Gasteiger partial charge on any atom is 0.320 e. The van der Waals surface area contributed by atoms with E-state index in [9.17, 15) is 4.79 Å². The van der Waals surface area contributed by atoms with Gasteiger partial charge in [0.25, 0.3) is 0 Å². The van der Waals surface area contributed by atoms with Gasteiger partial charge in [-0.15, -0.1) is 0 Å². The number of halogens is 1. The van der Waals surface area contributed by atoms with Gasteiger partial charge in [0.05, 0.1) is 6.61 Å². The standard InChI is InChI=1S/C14H18ClNO3/c15-11-4-5-13(19-8-9-2-1-3-9)10(6-11)7-12(16)14(17)18/h4-6,9,12H,1-3,7-8,16H2,(H,17,18). The van der Waals surface area contributed by atoms with Crippen LogP contribution in [0.15, 0.2) is 18.2 Å². The zero-order valence-electron chi connectivity index (χ0n) is 10.6. The van der Waals surface area contributed by atoms with Crippen molar-refractivity contribution >= 4 is 17.6 Å². The fraction of sp³-hybridized carbons (Fsp3) is 0.500. The number of ether oxygens (including phenoxy) is 1. The normalized spacial score (nSPS) is 16.7. The van der Waals surface area contributed by atoms with E-state index in [4.69, 9.17) is 27.2 Å². The summed E-state index contributed by atoms with van der Waals surface area (Å²) in [6.45, 7) is 0.678. The third-order valence-electron chi connectivity index (χ3n) is 3.48. The number of carbonyl (C=O) groups is 1. The number of hydrogen-bond acceptors (Lipinski definition) is 3. The summed E-state index contributed by atoms with van der Waals surface area (Å²) in [4.78, 5) is 10.8. The van der Waals surface area contributed by atoms with Gasteiger partial charge in [-0.05, 0) is 42.5 Å². The minimum absolute atomic E-state index is 0.218. The highest BCUT2D eigenvalue weighted by molar-refractivity contribution is 6.30. The van der Waals surface area contributed by atoms with Crippen molar-refractivity contribution in [3.05, 3.63) is 28.8 Å². The van der Waals surface area contributed by atoms with Gasteiger partial charge in [-0.1, -0.05) is 18.0 Å². The summed E-state index contributed by atoms with van der Waals surface area (Å²) in [7, 11) is 0. The fourth-order valence-electron chi connectivity index (χ4n) is 2.04. The van der Waals surface area contributed by atoms with Gasteiger partial charge in [-0.3, -0.25) is 4.79 Å². The molecular weight excluding hydrogens is 266 g/mol. The molecule has 1 aliphatic rings. The van der Waals surface area contributed by atoms with E-state index in [2.05, 4.69) is 0 Å². The Morgan fingerprint density at radius 3 is 2.84 bits per heavy atom. The number of aliphatic carboxylic acids is 1. The van der Waals surface area contributed by atoms with E-state index in [0.29, 0.717) is 23.3 Å². The molecule has 3 N–H and O–H groups in total. The van der Waals surface area contributed by atoms with Gasteiger partial charge in [0.2, 0.25) is 0 Å². The molecule has 0 radical (unpaired) electrons. The molecule has 104 valence electrons. The van der Waals surface area contributed by atoms with Crippen LogP contribution >= 0.6 is 11.6 Å². The van der Waals surface area contributed by atoms with Gasteiger partial charge in [-0.25, -0.2) is 0 Å². The molecule has 19 heavy (non-hydrogen) atoms. The first kappa shape index (κ1) is 14.2. The number of carboxylic acids is 1. The Kier molecular flexibility index (Phi) is 4.66. The number of carboxylic acid groups (broad SMARTS) is 1. The van der Waals surface area contributed by atoms with E-state index in [0.717, 1.165) is 5.56 Å². The lowest BCUT2D eigenvalue weighted by Gasteiger charge is -2.25. The van der Waals surface area contributed by atoms with Gasteiger partial charge in [-0.2, -0.15) is 0 Å². The van der Waals surface area contributed by atoms with Crippen LogP contribution in [0.3, 0.4) is 0 Å². The monoisotopic (exact) mass is 283 g/mol. The van der Waals surface area contributed by atoms with Crippen LogP contribution in [0.1, 0.15) is 24.8 Å². The first-order valence-electron chi connectivity index (χ1n) is 6.46. The van der Waals surface area contributed by atoms with E-state index < -0.39 is 12.0 Å². The summed E-state index contributed by atoms with van der Waals surface area (Å²) in [6, 6.07) is 4.31. The smallest absolute Gasteiger partial charge is 0.320 e. The molecule has 1 aromatic rings. The lowest BCUT2D eigenvalue weighted by Crippen LogP contribution is -2.32. The average Bonchev–Trinajstić information content (AvgIpc) is 2.29. The highest BCUT2D eigenvalue weighted by atomic mass is 35.5. The van der Waals surface area contributed by atoms with Gasteiger partial charge in [0, 0.05) is 11.4 Å². The summed E-state index contributed by atoms with van der Waals surface area (Å²) >= 11 is 5.94. The molecule has 0 aromatic heterocycles. The molecule has 1 atom stereocenters. The fourth-order valence-corrected chi connectivity index (χ4v) is 2.23. The van der Waals surface area contributed by atoms with Crippen molar-refractivity contribution in [1.82, 2.24) is 0 Å². The molecule has 1 aromatic carbocycles. The third-order valence-corrected chi connectivity index (χ3v) is 3.71. The van der Waals surface area contributed by atoms with Crippen LogP contribution in [0, 0.1) is 5.92 Å². The van der Waals surface area contributed by atoms with Gasteiger partial charge >= 0.3 is 5.97 Å². The van der Waals surface area contributed by atoms with Crippen molar-refractivity contribution in [3.8, 4) is 5.75 Å². The highest BCUT2D eigenvalue weighted by Gasteiger charge is 2.20. The molecule has 2 rings (SSSR count). The van der Waals surface area contributed by atoms with Crippen molar-refractivity contribution < 1.29 is 14.6 Å². The molecule has 0 spiro atoms. The first-order chi connectivity index (χ1) is 9.06. The Hall–Kier alpha value is -1.26. The number of rotatable bonds is 6. The lowest BCUT2D eigenvalue weighted by atomic mass is 9.86. The van der Waals surface area contributed by atoms with E-state index >= 15 is 0 Å². The summed E-state index contributed by atoms with van der Waals surface area (Å²) in [5.41, 5.74) is 6.31. The van der Waals surface area contributed by atoms with Crippen LogP contribution in [-0.4, -0.2) is 23.7 Å². The van der Waals surface area contributed by atoms with E-state index in [1.165, 1.54) is 19.3 Å². The predicted octanol–water partition coefficient (Wildman–Crippen LogP) is 2.47. The van der Waals surface area contributed by atoms with Crippen LogP contribution in [0.4, 0.5) is 0 Å². The molecule has 1 fully saturated rings. The summed E-state index contributed by atoms with van der Waals surface area (Å²) in [6.07, 6.45) is 3.90. The second kappa shape index (κ2) is 6.26. The molecule has 0 bridgehead atoms. The van der Waals surface area contributed by atoms with E-state index in [1.54, 1.807) is 18.2 Å². The summed E-state index contributed by atoms with van der Waals surface area (Å²) in [5.74, 6) is 0.287. The molecular formula is C14H18ClNO3. The zero-order chi connectivity index (χ0) is 13.8. The van der Waals surface area contributed by atoms with Gasteiger partial charge in [0.1, 0.15) is 11.8 Å². The molecule has 0 saturated heterocycles. The molecule has 5 heteroatoms. The molecule has 1 saturated carbocycles. The minimum Gasteiger partial charge on any atom is -0.493 e. The van der Waals surface area contributed by atoms with Crippen molar-refractivity contribution in [2.24, 2.45) is 11.7 Å². The second-order valence-corrected chi connectivity index (χ2v) is 5.45. The average molecular weight is 284 g/mol. The number of benzene rings is 1. The molecule has 1 aliphatic carbocycles. The summed E-state index contributed by atoms with van der Waals surface area (Å²) in [5, 5.41) is 9.43. The van der Waals surface area contributed by atoms with E-state index in [1.807, 2.05) is 0 Å². The molecule has 0 amide bonds. The van der Waals surface area contributed by atoms with E-state index in [-0.39, 0.29) is 6.42 Å². The van der Waals surface area contributed by atoms with Crippen LogP contribution in [0.25, 0.3) is 0 Å². The Labute approximate surface area is 117 Å². The lowest BCUT2D eigenvalue weighted by molar-refractivity contribution is -0.138. The molecule has 0 heterocycles. The van der Waals surface area contributed by atoms with Crippen LogP contribution < -0.4 is 10.5 Å². The minimum atomic E-state index is -1.02. The Morgan fingerprint density at radius 1 is 1.53 bits per heavy atom. The number of nitrogens with two attached hydrogens (primary N) is 1. The zero-order valence-corrected chi connectivity index (χ0v) is 11.4. The molecule has 0 aliphatic heterocycles. The molecule has 1 unspecified atom stereocenters. The topological polar surface area (TPSA) is 72.5 Å². The Bertz CT molecular complexity index is 460. The summed E-state index contributed by atoms with van der Waals surface area (Å²) < 4.78 is 5.77. The van der Waals surface area contributed by atoms with Crippen molar-refractivity contribution in [1.29, 1.82) is 0 Å². The predicted molar refractivity (Wildman–Crippen MR) is 73.6 cm³/mol. The highest BCUT2D eigenvalue weighted by Crippen LogP contribution is 2.29. The van der Waals surface area contributed by atoms with Gasteiger partial charge < -0.3 is 15.6 Å². The Balaban J connectivity index is 2.05. The maximum absolute atomic E-state index is 10.8. The second-order valence-electron chi connectivity index (χ2n) is 5.01. The first-order valence-corrected chi connectivity index (χ1v) is 6.83. The number of hydrogen-bond donors (Lipinski definition) is 2. The van der Waals surface area contributed by atoms with Crippen molar-refractivity contribution in [2.45, 2.75) is 31.7 Å². The van der Waals surface area contributed by atoms with Crippen LogP contribution in [-0.2, 0) is 11.2 Å². The van der Waals surface area contributed by atoms with Crippen molar-refractivity contribution in [3.63, 3.8) is 0 Å². The van der Waals surface area contributed by atoms with Crippen LogP contribution in [0.5, 0.6) is 5.75 Å². The largest absolute Gasteiger partial charge is 0.493 e. The van der Waals surface area contributed by atoms with Crippen LogP contribution in [0.2, 0.25) is 5.02 Å². The van der Waals surface area contributed by atoms with Gasteiger partial charge in [0.15, 0.2) is 0 Å².